The maximum atomic E-state index is 13.0. The number of hydrogen-bond donors (Lipinski definition) is 1. The molecule has 0 aliphatic heterocycles. The van der Waals surface area contributed by atoms with E-state index in [1.165, 1.54) is 0 Å². The van der Waals surface area contributed by atoms with Crippen molar-refractivity contribution in [3.63, 3.8) is 0 Å². The summed E-state index contributed by atoms with van der Waals surface area (Å²) < 4.78 is 13.0. The van der Waals surface area contributed by atoms with Gasteiger partial charge in [-0.15, -0.1) is 0 Å². The molecule has 0 atom stereocenters. The fourth-order valence-electron chi connectivity index (χ4n) is 3.39. The molecule has 1 N–H and O–H groups in total. The highest BCUT2D eigenvalue weighted by atomic mass is 19.1. The fraction of sp³-hybridized carbons (Fsp3) is 0.923. The van der Waals surface area contributed by atoms with Gasteiger partial charge in [-0.3, -0.25) is 4.79 Å². The number of aliphatic carboxylic acids is 1. The van der Waals surface area contributed by atoms with Crippen LogP contribution in [0.4, 0.5) is 4.39 Å². The second-order valence-electron chi connectivity index (χ2n) is 5.46. The number of alkyl halides is 1. The zero-order chi connectivity index (χ0) is 11.5. The van der Waals surface area contributed by atoms with Gasteiger partial charge >= 0.3 is 5.97 Å². The number of carboxylic acid groups (broad SMARTS) is 1. The van der Waals surface area contributed by atoms with Gasteiger partial charge < -0.3 is 5.11 Å². The highest BCUT2D eigenvalue weighted by Crippen LogP contribution is 2.40. The van der Waals surface area contributed by atoms with Gasteiger partial charge in [-0.2, -0.15) is 0 Å². The van der Waals surface area contributed by atoms with Crippen molar-refractivity contribution in [2.75, 3.05) is 0 Å². The normalized spacial score (nSPS) is 40.6. The van der Waals surface area contributed by atoms with Crippen LogP contribution in [-0.4, -0.2) is 17.2 Å². The molecule has 92 valence electrons. The van der Waals surface area contributed by atoms with Crippen molar-refractivity contribution in [1.29, 1.82) is 0 Å². The molecule has 0 bridgehead atoms. The lowest BCUT2D eigenvalue weighted by atomic mass is 9.71. The van der Waals surface area contributed by atoms with Crippen LogP contribution in [0.2, 0.25) is 0 Å². The van der Waals surface area contributed by atoms with Gasteiger partial charge in [0.1, 0.15) is 6.17 Å². The molecule has 2 aliphatic carbocycles. The van der Waals surface area contributed by atoms with Crippen molar-refractivity contribution in [3.05, 3.63) is 0 Å². The molecule has 16 heavy (non-hydrogen) atoms. The Morgan fingerprint density at radius 2 is 1.31 bits per heavy atom. The van der Waals surface area contributed by atoms with E-state index in [-0.39, 0.29) is 5.92 Å². The highest BCUT2D eigenvalue weighted by Gasteiger charge is 2.32. The van der Waals surface area contributed by atoms with Crippen LogP contribution < -0.4 is 0 Å². The Bertz CT molecular complexity index is 238. The lowest BCUT2D eigenvalue weighted by molar-refractivity contribution is -0.143. The van der Waals surface area contributed by atoms with Gasteiger partial charge in [0, 0.05) is 0 Å². The molecule has 0 saturated heterocycles. The summed E-state index contributed by atoms with van der Waals surface area (Å²) in [4.78, 5) is 10.8. The number of carboxylic acids is 1. The molecule has 0 unspecified atom stereocenters. The van der Waals surface area contributed by atoms with Crippen molar-refractivity contribution < 1.29 is 14.3 Å². The van der Waals surface area contributed by atoms with Gasteiger partial charge in [-0.05, 0) is 63.2 Å². The quantitative estimate of drug-likeness (QED) is 0.786. The molecule has 0 aromatic carbocycles. The number of rotatable bonds is 2. The lowest BCUT2D eigenvalue weighted by Crippen LogP contribution is -2.28. The molecule has 2 aliphatic rings. The summed E-state index contributed by atoms with van der Waals surface area (Å²) in [5.41, 5.74) is 0. The lowest BCUT2D eigenvalue weighted by Gasteiger charge is -2.35. The Hall–Kier alpha value is -0.600. The van der Waals surface area contributed by atoms with Gasteiger partial charge in [0.2, 0.25) is 0 Å². The van der Waals surface area contributed by atoms with E-state index < -0.39 is 12.1 Å². The first-order chi connectivity index (χ1) is 7.66. The molecular formula is C13H21FO2. The topological polar surface area (TPSA) is 37.3 Å². The molecule has 0 heterocycles. The fourth-order valence-corrected chi connectivity index (χ4v) is 3.39. The van der Waals surface area contributed by atoms with Crippen LogP contribution in [-0.2, 0) is 4.79 Å². The van der Waals surface area contributed by atoms with Crippen LogP contribution in [0.25, 0.3) is 0 Å². The van der Waals surface area contributed by atoms with E-state index in [0.717, 1.165) is 51.4 Å². The first kappa shape index (κ1) is 11.9. The Morgan fingerprint density at radius 3 is 1.75 bits per heavy atom. The number of halogens is 1. The van der Waals surface area contributed by atoms with Crippen LogP contribution in [0.3, 0.4) is 0 Å². The van der Waals surface area contributed by atoms with Crippen molar-refractivity contribution >= 4 is 5.97 Å². The zero-order valence-corrected chi connectivity index (χ0v) is 9.70. The van der Waals surface area contributed by atoms with Crippen molar-refractivity contribution in [1.82, 2.24) is 0 Å². The van der Waals surface area contributed by atoms with Gasteiger partial charge in [0.15, 0.2) is 0 Å². The van der Waals surface area contributed by atoms with Crippen molar-refractivity contribution in [2.45, 2.75) is 57.5 Å². The molecular weight excluding hydrogens is 207 g/mol. The van der Waals surface area contributed by atoms with E-state index >= 15 is 0 Å². The molecule has 3 heteroatoms. The summed E-state index contributed by atoms with van der Waals surface area (Å²) in [5.74, 6) is 0.588. The molecule has 2 nitrogen and oxygen atoms in total. The zero-order valence-electron chi connectivity index (χ0n) is 9.70. The minimum atomic E-state index is -0.633. The van der Waals surface area contributed by atoms with Crippen LogP contribution in [0.15, 0.2) is 0 Å². The predicted molar refractivity (Wildman–Crippen MR) is 59.9 cm³/mol. The maximum Gasteiger partial charge on any atom is 0.306 e. The monoisotopic (exact) mass is 228 g/mol. The molecule has 2 saturated carbocycles. The molecule has 0 amide bonds. The third-order valence-electron chi connectivity index (χ3n) is 4.49. The molecule has 2 fully saturated rings. The SMILES string of the molecule is O=C(O)C1CCC(C2CCC(F)CC2)CC1. The first-order valence-corrected chi connectivity index (χ1v) is 6.53. The van der Waals surface area contributed by atoms with Crippen LogP contribution in [0.5, 0.6) is 0 Å². The van der Waals surface area contributed by atoms with E-state index in [1.54, 1.807) is 0 Å². The number of hydrogen-bond acceptors (Lipinski definition) is 1. The van der Waals surface area contributed by atoms with Crippen molar-refractivity contribution in [2.24, 2.45) is 17.8 Å². The van der Waals surface area contributed by atoms with Crippen LogP contribution >= 0.6 is 0 Å². The minimum absolute atomic E-state index is 0.117. The number of carbonyl (C=O) groups is 1. The van der Waals surface area contributed by atoms with Gasteiger partial charge in [0.25, 0.3) is 0 Å². The van der Waals surface area contributed by atoms with E-state index in [9.17, 15) is 9.18 Å². The summed E-state index contributed by atoms with van der Waals surface area (Å²) in [5, 5.41) is 8.92. The molecule has 0 aromatic heterocycles. The summed E-state index contributed by atoms with van der Waals surface area (Å²) in [6.45, 7) is 0. The Kier molecular flexibility index (Phi) is 3.82. The molecule has 0 spiro atoms. The summed E-state index contributed by atoms with van der Waals surface area (Å²) in [7, 11) is 0. The average molecular weight is 228 g/mol. The molecule has 2 rings (SSSR count). The standard InChI is InChI=1S/C13H21FO2/c14-12-7-5-10(6-8-12)9-1-3-11(4-2-9)13(15)16/h9-12H,1-8H2,(H,15,16). The second-order valence-corrected chi connectivity index (χ2v) is 5.46. The predicted octanol–water partition coefficient (Wildman–Crippen LogP) is 3.41. The van der Waals surface area contributed by atoms with E-state index in [0.29, 0.717) is 11.8 Å². The largest absolute Gasteiger partial charge is 0.481 e. The average Bonchev–Trinajstić information content (AvgIpc) is 2.30. The highest BCUT2D eigenvalue weighted by molar-refractivity contribution is 5.69. The summed E-state index contributed by atoms with van der Waals surface area (Å²) in [6, 6.07) is 0. The van der Waals surface area contributed by atoms with Crippen LogP contribution in [0.1, 0.15) is 51.4 Å². The van der Waals surface area contributed by atoms with E-state index in [2.05, 4.69) is 0 Å². The maximum absolute atomic E-state index is 13.0. The third-order valence-corrected chi connectivity index (χ3v) is 4.49. The first-order valence-electron chi connectivity index (χ1n) is 6.53. The van der Waals surface area contributed by atoms with Crippen LogP contribution in [0, 0.1) is 17.8 Å². The molecule has 0 aromatic rings. The Morgan fingerprint density at radius 1 is 0.875 bits per heavy atom. The smallest absolute Gasteiger partial charge is 0.306 e. The van der Waals surface area contributed by atoms with E-state index in [1.807, 2.05) is 0 Å². The summed E-state index contributed by atoms with van der Waals surface area (Å²) in [6.07, 6.45) is 6.65. The van der Waals surface area contributed by atoms with Crippen molar-refractivity contribution in [3.8, 4) is 0 Å². The Balaban J connectivity index is 1.78. The van der Waals surface area contributed by atoms with E-state index in [4.69, 9.17) is 5.11 Å². The minimum Gasteiger partial charge on any atom is -0.481 e. The van der Waals surface area contributed by atoms with Gasteiger partial charge in [0.05, 0.1) is 5.92 Å². The van der Waals surface area contributed by atoms with Gasteiger partial charge in [-0.1, -0.05) is 0 Å². The molecule has 0 radical (unpaired) electrons. The second kappa shape index (κ2) is 5.15. The third kappa shape index (κ3) is 2.74. The summed E-state index contributed by atoms with van der Waals surface area (Å²) >= 11 is 0. The Labute approximate surface area is 96.2 Å². The van der Waals surface area contributed by atoms with Gasteiger partial charge in [-0.25, -0.2) is 4.39 Å².